The Morgan fingerprint density at radius 1 is 1.38 bits per heavy atom. The first-order chi connectivity index (χ1) is 10.1. The highest BCUT2D eigenvalue weighted by Crippen LogP contribution is 2.27. The fourth-order valence-electron chi connectivity index (χ4n) is 2.31. The number of hydrogen-bond donors (Lipinski definition) is 2. The molecule has 1 saturated heterocycles. The van der Waals surface area contributed by atoms with Gasteiger partial charge >= 0.3 is 5.97 Å². The molecule has 0 spiro atoms. The predicted molar refractivity (Wildman–Crippen MR) is 78.5 cm³/mol. The molecule has 0 aliphatic carbocycles. The molecule has 0 bridgehead atoms. The van der Waals surface area contributed by atoms with E-state index in [4.69, 9.17) is 5.11 Å². The van der Waals surface area contributed by atoms with Crippen molar-refractivity contribution in [2.24, 2.45) is 0 Å². The maximum atomic E-state index is 12.4. The first-order valence-corrected chi connectivity index (χ1v) is 8.08. The summed E-state index contributed by atoms with van der Waals surface area (Å²) < 4.78 is 0. The van der Waals surface area contributed by atoms with Crippen molar-refractivity contribution >= 4 is 34.6 Å². The van der Waals surface area contributed by atoms with Crippen molar-refractivity contribution in [3.05, 3.63) is 27.9 Å². The number of β-amino-alcohol motifs (C(OH)–C–C–N with tert-alkyl or cyclic N) is 1. The lowest BCUT2D eigenvalue weighted by molar-refractivity contribution is -0.141. The highest BCUT2D eigenvalue weighted by molar-refractivity contribution is 7.14. The minimum atomic E-state index is -1.10. The Bertz CT molecular complexity index is 668. The number of likely N-dealkylation sites (tertiary alicyclic amines) is 1. The highest BCUT2D eigenvalue weighted by atomic mass is 32.1. The van der Waals surface area contributed by atoms with Crippen LogP contribution in [0.3, 0.4) is 0 Å². The molecule has 3 rings (SSSR count). The topological polar surface area (TPSA) is 90.7 Å². The minimum Gasteiger partial charge on any atom is -0.480 e. The van der Waals surface area contributed by atoms with Gasteiger partial charge in [-0.05, 0) is 11.4 Å². The van der Waals surface area contributed by atoms with Crippen molar-refractivity contribution in [1.82, 2.24) is 9.88 Å². The number of carboxylic acid groups (broad SMARTS) is 1. The molecular weight excluding hydrogens is 312 g/mol. The average molecular weight is 324 g/mol. The summed E-state index contributed by atoms with van der Waals surface area (Å²) in [6.45, 7) is 0.0289. The number of carbonyl (C=O) groups is 2. The molecule has 1 aliphatic rings. The van der Waals surface area contributed by atoms with Gasteiger partial charge in [0.2, 0.25) is 0 Å². The van der Waals surface area contributed by atoms with Gasteiger partial charge < -0.3 is 15.1 Å². The van der Waals surface area contributed by atoms with Crippen molar-refractivity contribution in [2.45, 2.75) is 18.6 Å². The third kappa shape index (κ3) is 2.69. The average Bonchev–Trinajstić information content (AvgIpc) is 3.17. The number of rotatable bonds is 3. The second kappa shape index (κ2) is 5.55. The van der Waals surface area contributed by atoms with E-state index in [9.17, 15) is 14.7 Å². The maximum Gasteiger partial charge on any atom is 0.326 e. The van der Waals surface area contributed by atoms with E-state index < -0.39 is 24.0 Å². The Hall–Kier alpha value is -1.77. The number of hydrogen-bond acceptors (Lipinski definition) is 6. The lowest BCUT2D eigenvalue weighted by Gasteiger charge is -2.19. The third-order valence-corrected chi connectivity index (χ3v) is 4.89. The first-order valence-electron chi connectivity index (χ1n) is 6.26. The maximum absolute atomic E-state index is 12.4. The largest absolute Gasteiger partial charge is 0.480 e. The lowest BCUT2D eigenvalue weighted by Crippen LogP contribution is -2.40. The van der Waals surface area contributed by atoms with E-state index in [1.807, 2.05) is 16.8 Å². The molecule has 0 saturated carbocycles. The van der Waals surface area contributed by atoms with Crippen molar-refractivity contribution in [2.75, 3.05) is 6.54 Å². The molecule has 0 aromatic carbocycles. The van der Waals surface area contributed by atoms with Crippen LogP contribution in [0.25, 0.3) is 10.6 Å². The van der Waals surface area contributed by atoms with Gasteiger partial charge in [0.1, 0.15) is 16.7 Å². The van der Waals surface area contributed by atoms with Crippen LogP contribution < -0.4 is 0 Å². The zero-order chi connectivity index (χ0) is 15.0. The van der Waals surface area contributed by atoms with E-state index in [0.717, 1.165) is 10.6 Å². The summed E-state index contributed by atoms with van der Waals surface area (Å²) in [6, 6.07) is 0.927. The van der Waals surface area contributed by atoms with Crippen LogP contribution in [0.2, 0.25) is 0 Å². The summed E-state index contributed by atoms with van der Waals surface area (Å²) in [6.07, 6.45) is -0.743. The van der Waals surface area contributed by atoms with E-state index in [1.54, 1.807) is 16.7 Å². The van der Waals surface area contributed by atoms with Gasteiger partial charge in [-0.25, -0.2) is 9.78 Å². The summed E-state index contributed by atoms with van der Waals surface area (Å²) in [4.78, 5) is 29.0. The second-order valence-electron chi connectivity index (χ2n) is 4.75. The molecule has 0 unspecified atom stereocenters. The van der Waals surface area contributed by atoms with Crippen LogP contribution in [0.1, 0.15) is 16.9 Å². The van der Waals surface area contributed by atoms with Crippen LogP contribution in [-0.4, -0.2) is 50.7 Å². The van der Waals surface area contributed by atoms with E-state index in [0.29, 0.717) is 0 Å². The number of carboxylic acids is 1. The zero-order valence-electron chi connectivity index (χ0n) is 10.8. The van der Waals surface area contributed by atoms with Gasteiger partial charge in [-0.2, -0.15) is 11.3 Å². The van der Waals surface area contributed by atoms with Crippen molar-refractivity contribution in [3.63, 3.8) is 0 Å². The number of aliphatic carboxylic acids is 1. The molecule has 6 nitrogen and oxygen atoms in total. The van der Waals surface area contributed by atoms with Crippen molar-refractivity contribution in [3.8, 4) is 10.6 Å². The van der Waals surface area contributed by atoms with Crippen LogP contribution in [0, 0.1) is 0 Å². The normalized spacial score (nSPS) is 21.7. The van der Waals surface area contributed by atoms with Gasteiger partial charge in [-0.3, -0.25) is 4.79 Å². The number of aromatic nitrogens is 1. The summed E-state index contributed by atoms with van der Waals surface area (Å²) in [5.41, 5.74) is 1.17. The fraction of sp³-hybridized carbons (Fsp3) is 0.308. The molecule has 0 radical (unpaired) electrons. The van der Waals surface area contributed by atoms with Gasteiger partial charge in [0.15, 0.2) is 0 Å². The quantitative estimate of drug-likeness (QED) is 0.893. The zero-order valence-corrected chi connectivity index (χ0v) is 12.4. The number of carbonyl (C=O) groups excluding carboxylic acids is 1. The SMILES string of the molecule is O=C(O)[C@@H]1C[C@@H](O)CN1C(=O)c1csc(-c2ccsc2)n1. The molecule has 2 N–H and O–H groups in total. The number of amides is 1. The van der Waals surface area contributed by atoms with Crippen LogP contribution in [0.15, 0.2) is 22.2 Å². The van der Waals surface area contributed by atoms with Gasteiger partial charge in [0.25, 0.3) is 5.91 Å². The van der Waals surface area contributed by atoms with Crippen LogP contribution in [0.5, 0.6) is 0 Å². The molecule has 110 valence electrons. The molecule has 1 aliphatic heterocycles. The second-order valence-corrected chi connectivity index (χ2v) is 6.39. The van der Waals surface area contributed by atoms with E-state index in [1.165, 1.54) is 16.2 Å². The Balaban J connectivity index is 1.83. The van der Waals surface area contributed by atoms with Gasteiger partial charge in [-0.1, -0.05) is 0 Å². The summed E-state index contributed by atoms with van der Waals surface area (Å²) in [5, 5.41) is 24.9. The Kier molecular flexibility index (Phi) is 3.75. The monoisotopic (exact) mass is 324 g/mol. The molecule has 8 heteroatoms. The van der Waals surface area contributed by atoms with E-state index in [2.05, 4.69) is 4.98 Å². The van der Waals surface area contributed by atoms with Crippen molar-refractivity contribution < 1.29 is 19.8 Å². The van der Waals surface area contributed by atoms with Gasteiger partial charge in [0, 0.05) is 29.3 Å². The predicted octanol–water partition coefficient (Wildman–Crippen LogP) is 1.53. The number of aliphatic hydroxyl groups excluding tert-OH is 1. The number of thiophene rings is 1. The van der Waals surface area contributed by atoms with Crippen LogP contribution in [-0.2, 0) is 4.79 Å². The summed E-state index contributed by atoms with van der Waals surface area (Å²) >= 11 is 2.89. The molecule has 21 heavy (non-hydrogen) atoms. The number of aliphatic hydroxyl groups is 1. The molecule has 1 amide bonds. The van der Waals surface area contributed by atoms with Crippen LogP contribution in [0.4, 0.5) is 0 Å². The third-order valence-electron chi connectivity index (χ3n) is 3.32. The minimum absolute atomic E-state index is 0.0289. The molecule has 2 aromatic rings. The standard InChI is InChI=1S/C13H12N2O4S2/c16-8-3-10(13(18)19)15(4-8)12(17)9-6-21-11(14-9)7-1-2-20-5-7/h1-2,5-6,8,10,16H,3-4H2,(H,18,19)/t8-,10+/m1/s1. The molecule has 2 atom stereocenters. The van der Waals surface area contributed by atoms with E-state index >= 15 is 0 Å². The highest BCUT2D eigenvalue weighted by Gasteiger charge is 2.39. The van der Waals surface area contributed by atoms with Crippen molar-refractivity contribution in [1.29, 1.82) is 0 Å². The molecule has 2 aromatic heterocycles. The number of thiazole rings is 1. The first kappa shape index (κ1) is 14.2. The van der Waals surface area contributed by atoms with Gasteiger partial charge in [0.05, 0.1) is 6.10 Å². The smallest absolute Gasteiger partial charge is 0.326 e. The fourth-order valence-corrected chi connectivity index (χ4v) is 3.82. The molecule has 3 heterocycles. The summed E-state index contributed by atoms with van der Waals surface area (Å²) in [5.74, 6) is -1.55. The summed E-state index contributed by atoms with van der Waals surface area (Å²) in [7, 11) is 0. The Labute approximate surface area is 128 Å². The lowest BCUT2D eigenvalue weighted by atomic mass is 10.2. The molecule has 1 fully saturated rings. The number of nitrogens with zero attached hydrogens (tertiary/aromatic N) is 2. The Morgan fingerprint density at radius 2 is 2.19 bits per heavy atom. The van der Waals surface area contributed by atoms with Gasteiger partial charge in [-0.15, -0.1) is 11.3 Å². The van der Waals surface area contributed by atoms with Crippen LogP contribution >= 0.6 is 22.7 Å². The Morgan fingerprint density at radius 3 is 2.86 bits per heavy atom. The van der Waals surface area contributed by atoms with E-state index in [-0.39, 0.29) is 18.7 Å². The molecular formula is C13H12N2O4S2.